The van der Waals surface area contributed by atoms with Crippen molar-refractivity contribution < 1.29 is 14.4 Å². The van der Waals surface area contributed by atoms with Crippen LogP contribution < -0.4 is 10.6 Å². The van der Waals surface area contributed by atoms with Crippen LogP contribution in [0.25, 0.3) is 0 Å². The summed E-state index contributed by atoms with van der Waals surface area (Å²) in [5, 5.41) is 6.08. The first-order valence-electron chi connectivity index (χ1n) is 10.2. The Morgan fingerprint density at radius 3 is 2.34 bits per heavy atom. The van der Waals surface area contributed by atoms with E-state index in [4.69, 9.17) is 11.6 Å². The Labute approximate surface area is 191 Å². The van der Waals surface area contributed by atoms with Gasteiger partial charge in [0.25, 0.3) is 5.91 Å². The lowest BCUT2D eigenvalue weighted by Gasteiger charge is -2.27. The van der Waals surface area contributed by atoms with Gasteiger partial charge in [0.1, 0.15) is 6.54 Å². The fourth-order valence-corrected chi connectivity index (χ4v) is 4.05. The second-order valence-electron chi connectivity index (χ2n) is 7.76. The molecule has 4 amide bonds. The van der Waals surface area contributed by atoms with Crippen LogP contribution in [-0.2, 0) is 21.5 Å². The molecule has 7 heteroatoms. The van der Waals surface area contributed by atoms with Gasteiger partial charge in [0.2, 0.25) is 5.91 Å². The molecule has 0 aromatic heterocycles. The van der Waals surface area contributed by atoms with E-state index >= 15 is 0 Å². The van der Waals surface area contributed by atoms with Gasteiger partial charge in [0, 0.05) is 17.1 Å². The van der Waals surface area contributed by atoms with Gasteiger partial charge >= 0.3 is 6.03 Å². The molecule has 1 saturated heterocycles. The first kappa shape index (κ1) is 21.6. The van der Waals surface area contributed by atoms with E-state index < -0.39 is 29.9 Å². The molecule has 6 nitrogen and oxygen atoms in total. The zero-order valence-corrected chi connectivity index (χ0v) is 18.2. The first-order chi connectivity index (χ1) is 15.4. The highest BCUT2D eigenvalue weighted by Crippen LogP contribution is 2.33. The number of anilines is 1. The summed E-state index contributed by atoms with van der Waals surface area (Å²) in [6.07, 6.45) is 0.272. The second-order valence-corrected chi connectivity index (χ2v) is 8.20. The van der Waals surface area contributed by atoms with Crippen molar-refractivity contribution in [2.75, 3.05) is 11.9 Å². The minimum absolute atomic E-state index is 0.272. The minimum atomic E-state index is -1.29. The third-order valence-electron chi connectivity index (χ3n) is 5.53. The van der Waals surface area contributed by atoms with Crippen molar-refractivity contribution in [1.29, 1.82) is 0 Å². The largest absolute Gasteiger partial charge is 0.325 e. The predicted molar refractivity (Wildman–Crippen MR) is 123 cm³/mol. The van der Waals surface area contributed by atoms with E-state index in [9.17, 15) is 14.4 Å². The summed E-state index contributed by atoms with van der Waals surface area (Å²) in [6, 6.07) is 23.1. The van der Waals surface area contributed by atoms with Crippen LogP contribution >= 0.6 is 11.6 Å². The van der Waals surface area contributed by atoms with Gasteiger partial charge in [-0.1, -0.05) is 78.3 Å². The molecule has 0 spiro atoms. The van der Waals surface area contributed by atoms with Gasteiger partial charge in [0.05, 0.1) is 0 Å². The quantitative estimate of drug-likeness (QED) is 0.554. The number of hydrogen-bond donors (Lipinski definition) is 2. The van der Waals surface area contributed by atoms with E-state index in [2.05, 4.69) is 10.6 Å². The molecule has 0 aliphatic carbocycles. The number of nitrogens with zero attached hydrogens (tertiary/aromatic N) is 1. The molecule has 1 fully saturated rings. The Bertz CT molecular complexity index is 1170. The van der Waals surface area contributed by atoms with Crippen LogP contribution in [-0.4, -0.2) is 29.3 Å². The number of hydrogen-bond acceptors (Lipinski definition) is 3. The van der Waals surface area contributed by atoms with Crippen molar-refractivity contribution in [3.8, 4) is 0 Å². The molecule has 1 aliphatic rings. The maximum atomic E-state index is 13.6. The molecule has 1 heterocycles. The third-order valence-corrected chi connectivity index (χ3v) is 5.76. The number of benzene rings is 3. The van der Waals surface area contributed by atoms with Gasteiger partial charge in [-0.05, 0) is 35.7 Å². The number of aryl methyl sites for hydroxylation is 1. The molecule has 0 saturated carbocycles. The molecule has 32 heavy (non-hydrogen) atoms. The Balaban J connectivity index is 1.61. The maximum Gasteiger partial charge on any atom is 0.325 e. The van der Waals surface area contributed by atoms with Crippen LogP contribution in [0.5, 0.6) is 0 Å². The van der Waals surface area contributed by atoms with Gasteiger partial charge in [-0.2, -0.15) is 0 Å². The standard InChI is InChI=1S/C25H22ClN3O3/c1-17-12-13-20(26)14-21(17)27-22(30)16-29-23(31)25(28-24(29)32,19-10-6-3-7-11-19)15-18-8-4-2-5-9-18/h2-14H,15-16H2,1H3,(H,27,30)(H,28,32). The number of halogens is 1. The normalized spacial score (nSPS) is 17.9. The third kappa shape index (κ3) is 4.22. The van der Waals surface area contributed by atoms with Gasteiger partial charge < -0.3 is 10.6 Å². The van der Waals surface area contributed by atoms with E-state index in [1.807, 2.05) is 55.5 Å². The van der Waals surface area contributed by atoms with E-state index in [1.54, 1.807) is 30.3 Å². The van der Waals surface area contributed by atoms with Crippen LogP contribution in [0.15, 0.2) is 78.9 Å². The van der Waals surface area contributed by atoms with E-state index in [0.29, 0.717) is 16.3 Å². The van der Waals surface area contributed by atoms with E-state index in [1.165, 1.54) is 0 Å². The number of imide groups is 1. The molecule has 0 bridgehead atoms. The molecular weight excluding hydrogens is 426 g/mol. The Morgan fingerprint density at radius 2 is 1.66 bits per heavy atom. The lowest BCUT2D eigenvalue weighted by atomic mass is 9.83. The Hall–Kier alpha value is -3.64. The molecule has 162 valence electrons. The van der Waals surface area contributed by atoms with Gasteiger partial charge in [0.15, 0.2) is 5.54 Å². The summed E-state index contributed by atoms with van der Waals surface area (Å²) >= 11 is 6.02. The van der Waals surface area contributed by atoms with Crippen molar-refractivity contribution >= 4 is 35.1 Å². The Kier molecular flexibility index (Phi) is 5.97. The number of urea groups is 1. The molecule has 3 aromatic rings. The zero-order chi connectivity index (χ0) is 22.7. The topological polar surface area (TPSA) is 78.5 Å². The summed E-state index contributed by atoms with van der Waals surface area (Å²) in [5.74, 6) is -0.946. The van der Waals surface area contributed by atoms with Crippen molar-refractivity contribution in [2.45, 2.75) is 18.9 Å². The molecule has 1 atom stereocenters. The van der Waals surface area contributed by atoms with Crippen LogP contribution in [0.3, 0.4) is 0 Å². The number of carbonyl (C=O) groups excluding carboxylic acids is 3. The van der Waals surface area contributed by atoms with Crippen molar-refractivity contribution in [2.24, 2.45) is 0 Å². The highest BCUT2D eigenvalue weighted by molar-refractivity contribution is 6.31. The zero-order valence-electron chi connectivity index (χ0n) is 17.5. The minimum Gasteiger partial charge on any atom is -0.324 e. The number of rotatable bonds is 6. The first-order valence-corrected chi connectivity index (χ1v) is 10.6. The van der Waals surface area contributed by atoms with Gasteiger partial charge in [-0.25, -0.2) is 4.79 Å². The number of carbonyl (C=O) groups is 3. The maximum absolute atomic E-state index is 13.6. The predicted octanol–water partition coefficient (Wildman–Crippen LogP) is 4.28. The van der Waals surface area contributed by atoms with Crippen molar-refractivity contribution in [3.05, 3.63) is 101 Å². The van der Waals surface area contributed by atoms with E-state index in [-0.39, 0.29) is 6.42 Å². The number of amides is 4. The monoisotopic (exact) mass is 447 g/mol. The lowest BCUT2D eigenvalue weighted by Crippen LogP contribution is -2.46. The van der Waals surface area contributed by atoms with Crippen molar-refractivity contribution in [3.63, 3.8) is 0 Å². The average molecular weight is 448 g/mol. The fraction of sp³-hybridized carbons (Fsp3) is 0.160. The van der Waals surface area contributed by atoms with Gasteiger partial charge in [-0.15, -0.1) is 0 Å². The average Bonchev–Trinajstić information content (AvgIpc) is 3.02. The molecule has 4 rings (SSSR count). The molecule has 1 unspecified atom stereocenters. The highest BCUT2D eigenvalue weighted by Gasteiger charge is 2.52. The number of nitrogens with one attached hydrogen (secondary N) is 2. The molecule has 1 aliphatic heterocycles. The van der Waals surface area contributed by atoms with Crippen LogP contribution in [0.2, 0.25) is 5.02 Å². The fourth-order valence-electron chi connectivity index (χ4n) is 3.87. The van der Waals surface area contributed by atoms with E-state index in [0.717, 1.165) is 16.0 Å². The SMILES string of the molecule is Cc1ccc(Cl)cc1NC(=O)CN1C(=O)NC(Cc2ccccc2)(c2ccccc2)C1=O. The summed E-state index contributed by atoms with van der Waals surface area (Å²) < 4.78 is 0. The molecule has 2 N–H and O–H groups in total. The molecule has 3 aromatic carbocycles. The van der Waals surface area contributed by atoms with Crippen LogP contribution in [0.1, 0.15) is 16.7 Å². The summed E-state index contributed by atoms with van der Waals surface area (Å²) in [4.78, 5) is 40.1. The van der Waals surface area contributed by atoms with Crippen LogP contribution in [0, 0.1) is 6.92 Å². The Morgan fingerprint density at radius 1 is 1.00 bits per heavy atom. The smallest absolute Gasteiger partial charge is 0.324 e. The van der Waals surface area contributed by atoms with Crippen molar-refractivity contribution in [1.82, 2.24) is 10.2 Å². The lowest BCUT2D eigenvalue weighted by molar-refractivity contribution is -0.134. The summed E-state index contributed by atoms with van der Waals surface area (Å²) in [7, 11) is 0. The molecule has 0 radical (unpaired) electrons. The van der Waals surface area contributed by atoms with Gasteiger partial charge in [-0.3, -0.25) is 14.5 Å². The molecular formula is C25H22ClN3O3. The van der Waals surface area contributed by atoms with Crippen LogP contribution in [0.4, 0.5) is 10.5 Å². The highest BCUT2D eigenvalue weighted by atomic mass is 35.5. The second kappa shape index (κ2) is 8.85. The summed E-state index contributed by atoms with van der Waals surface area (Å²) in [5.41, 5.74) is 1.63. The summed E-state index contributed by atoms with van der Waals surface area (Å²) in [6.45, 7) is 1.43.